The number of piperidine rings is 1. The lowest BCUT2D eigenvalue weighted by molar-refractivity contribution is 0.176. The number of nitrogens with one attached hydrogen (secondary N) is 1. The van der Waals surface area contributed by atoms with Crippen LogP contribution in [0.3, 0.4) is 0 Å². The van der Waals surface area contributed by atoms with Crippen molar-refractivity contribution in [2.75, 3.05) is 18.4 Å². The van der Waals surface area contributed by atoms with Gasteiger partial charge < -0.3 is 14.8 Å². The van der Waals surface area contributed by atoms with Gasteiger partial charge in [-0.2, -0.15) is 0 Å². The van der Waals surface area contributed by atoms with Gasteiger partial charge in [0.2, 0.25) is 0 Å². The lowest BCUT2D eigenvalue weighted by Crippen LogP contribution is -2.43. The largest absolute Gasteiger partial charge is 0.324 e. The maximum atomic E-state index is 12.5. The normalized spacial score (nSPS) is 18.0. The molecule has 6 nitrogen and oxygen atoms in total. The number of nitrogens with zero attached hydrogens (tertiary/aromatic N) is 4. The Morgan fingerprint density at radius 2 is 2.30 bits per heavy atom. The summed E-state index contributed by atoms with van der Waals surface area (Å²) in [5, 5.41) is 11.1. The highest BCUT2D eigenvalue weighted by molar-refractivity contribution is 5.89. The topological polar surface area (TPSA) is 63.1 Å². The van der Waals surface area contributed by atoms with Gasteiger partial charge in [-0.1, -0.05) is 12.1 Å². The van der Waals surface area contributed by atoms with Crippen molar-refractivity contribution in [3.8, 4) is 0 Å². The number of amides is 2. The molecule has 3 rings (SSSR count). The molecule has 1 N–H and O–H groups in total. The van der Waals surface area contributed by atoms with E-state index in [1.165, 1.54) is 0 Å². The predicted octanol–water partition coefficient (Wildman–Crippen LogP) is 2.61. The first-order chi connectivity index (χ1) is 11.1. The molecule has 6 heteroatoms. The highest BCUT2D eigenvalue weighted by Crippen LogP contribution is 2.21. The highest BCUT2D eigenvalue weighted by atomic mass is 16.2. The summed E-state index contributed by atoms with van der Waals surface area (Å²) in [4.78, 5) is 14.4. The molecule has 0 aliphatic carbocycles. The fourth-order valence-electron chi connectivity index (χ4n) is 3.09. The van der Waals surface area contributed by atoms with Crippen LogP contribution >= 0.6 is 0 Å². The van der Waals surface area contributed by atoms with Crippen LogP contribution in [0.4, 0.5) is 10.5 Å². The summed E-state index contributed by atoms with van der Waals surface area (Å²) in [6.45, 7) is 3.60. The van der Waals surface area contributed by atoms with E-state index in [-0.39, 0.29) is 6.03 Å². The van der Waals surface area contributed by atoms with Crippen LogP contribution in [0.1, 0.15) is 24.2 Å². The lowest BCUT2D eigenvalue weighted by atomic mass is 9.94. The minimum Gasteiger partial charge on any atom is -0.324 e. The van der Waals surface area contributed by atoms with Gasteiger partial charge in [-0.3, -0.25) is 0 Å². The van der Waals surface area contributed by atoms with E-state index in [0.29, 0.717) is 5.92 Å². The molecule has 0 spiro atoms. The molecule has 1 unspecified atom stereocenters. The van der Waals surface area contributed by atoms with Crippen molar-refractivity contribution < 1.29 is 4.79 Å². The van der Waals surface area contributed by atoms with Gasteiger partial charge in [0.1, 0.15) is 12.2 Å². The molecule has 1 aromatic heterocycles. The SMILES string of the molecule is Cc1cccc(NC(=O)N2CCCC(Cc3nncn3C)C2)c1. The molecular weight excluding hydrogens is 290 g/mol. The molecule has 1 aromatic carbocycles. The summed E-state index contributed by atoms with van der Waals surface area (Å²) in [7, 11) is 1.96. The average molecular weight is 313 g/mol. The zero-order valence-corrected chi connectivity index (χ0v) is 13.7. The van der Waals surface area contributed by atoms with E-state index in [4.69, 9.17) is 0 Å². The molecule has 1 aliphatic rings. The first-order valence-electron chi connectivity index (χ1n) is 8.07. The van der Waals surface area contributed by atoms with Gasteiger partial charge >= 0.3 is 6.03 Å². The summed E-state index contributed by atoms with van der Waals surface area (Å²) in [6.07, 6.45) is 4.75. The average Bonchev–Trinajstić information content (AvgIpc) is 2.93. The van der Waals surface area contributed by atoms with E-state index in [9.17, 15) is 4.79 Å². The second-order valence-corrected chi connectivity index (χ2v) is 6.32. The van der Waals surface area contributed by atoms with Crippen molar-refractivity contribution in [3.05, 3.63) is 42.0 Å². The molecule has 0 radical (unpaired) electrons. The number of hydrogen-bond acceptors (Lipinski definition) is 3. The second kappa shape index (κ2) is 6.81. The van der Waals surface area contributed by atoms with E-state index in [2.05, 4.69) is 15.5 Å². The van der Waals surface area contributed by atoms with Gasteiger partial charge in [-0.15, -0.1) is 10.2 Å². The Labute approximate surface area is 136 Å². The molecule has 1 aliphatic heterocycles. The summed E-state index contributed by atoms with van der Waals surface area (Å²) < 4.78 is 1.95. The zero-order valence-electron chi connectivity index (χ0n) is 13.7. The van der Waals surface area contributed by atoms with Crippen LogP contribution in [0.2, 0.25) is 0 Å². The first-order valence-corrected chi connectivity index (χ1v) is 8.07. The Morgan fingerprint density at radius 1 is 1.43 bits per heavy atom. The number of carbonyl (C=O) groups is 1. The van der Waals surface area contributed by atoms with Crippen molar-refractivity contribution in [3.63, 3.8) is 0 Å². The third-order valence-corrected chi connectivity index (χ3v) is 4.35. The Bertz CT molecular complexity index is 681. The predicted molar refractivity (Wildman–Crippen MR) is 89.2 cm³/mol. The van der Waals surface area contributed by atoms with Crippen molar-refractivity contribution in [1.82, 2.24) is 19.7 Å². The van der Waals surface area contributed by atoms with Gasteiger partial charge in [0.25, 0.3) is 0 Å². The highest BCUT2D eigenvalue weighted by Gasteiger charge is 2.25. The molecule has 1 fully saturated rings. The third-order valence-electron chi connectivity index (χ3n) is 4.35. The number of hydrogen-bond donors (Lipinski definition) is 1. The van der Waals surface area contributed by atoms with Crippen LogP contribution in [0.15, 0.2) is 30.6 Å². The number of aromatic nitrogens is 3. The molecule has 0 bridgehead atoms. The van der Waals surface area contributed by atoms with E-state index in [1.54, 1.807) is 6.33 Å². The van der Waals surface area contributed by atoms with E-state index in [1.807, 2.05) is 47.7 Å². The number of rotatable bonds is 3. The van der Waals surface area contributed by atoms with Gasteiger partial charge in [0.15, 0.2) is 0 Å². The van der Waals surface area contributed by atoms with Gasteiger partial charge in [0.05, 0.1) is 0 Å². The van der Waals surface area contributed by atoms with Crippen LogP contribution in [-0.2, 0) is 13.5 Å². The summed E-state index contributed by atoms with van der Waals surface area (Å²) in [5.74, 6) is 1.42. The molecular formula is C17H23N5O. The summed E-state index contributed by atoms with van der Waals surface area (Å²) in [5.41, 5.74) is 1.99. The fraction of sp³-hybridized carbons (Fsp3) is 0.471. The van der Waals surface area contributed by atoms with E-state index >= 15 is 0 Å². The number of anilines is 1. The van der Waals surface area contributed by atoms with Crippen LogP contribution in [-0.4, -0.2) is 38.8 Å². The third kappa shape index (κ3) is 3.88. The molecule has 23 heavy (non-hydrogen) atoms. The number of likely N-dealkylation sites (tertiary alicyclic amines) is 1. The smallest absolute Gasteiger partial charge is 0.321 e. The zero-order chi connectivity index (χ0) is 16.2. The number of urea groups is 1. The Kier molecular flexibility index (Phi) is 4.60. The standard InChI is InChI=1S/C17H23N5O/c1-13-5-3-7-15(9-13)19-17(23)22-8-4-6-14(11-22)10-16-20-18-12-21(16)2/h3,5,7,9,12,14H,4,6,8,10-11H2,1-2H3,(H,19,23). The minimum absolute atomic E-state index is 0.0155. The van der Waals surface area contributed by atoms with Crippen LogP contribution in [0.5, 0.6) is 0 Å². The molecule has 2 heterocycles. The van der Waals surface area contributed by atoms with Crippen LogP contribution in [0, 0.1) is 12.8 Å². The quantitative estimate of drug-likeness (QED) is 0.947. The van der Waals surface area contributed by atoms with E-state index in [0.717, 1.165) is 49.4 Å². The first kappa shape index (κ1) is 15.5. The van der Waals surface area contributed by atoms with Crippen molar-refractivity contribution in [1.29, 1.82) is 0 Å². The summed E-state index contributed by atoms with van der Waals surface area (Å²) in [6, 6.07) is 7.87. The lowest BCUT2D eigenvalue weighted by Gasteiger charge is -2.32. The molecule has 2 aromatic rings. The molecule has 1 saturated heterocycles. The van der Waals surface area contributed by atoms with Crippen LogP contribution < -0.4 is 5.32 Å². The maximum absolute atomic E-state index is 12.5. The summed E-state index contributed by atoms with van der Waals surface area (Å²) >= 11 is 0. The Balaban J connectivity index is 1.59. The number of carbonyl (C=O) groups excluding carboxylic acids is 1. The Morgan fingerprint density at radius 3 is 3.04 bits per heavy atom. The maximum Gasteiger partial charge on any atom is 0.321 e. The van der Waals surface area contributed by atoms with Gasteiger partial charge in [-0.05, 0) is 43.4 Å². The van der Waals surface area contributed by atoms with Gasteiger partial charge in [0, 0.05) is 32.2 Å². The monoisotopic (exact) mass is 313 g/mol. The van der Waals surface area contributed by atoms with Crippen molar-refractivity contribution >= 4 is 11.7 Å². The van der Waals surface area contributed by atoms with Crippen molar-refractivity contribution in [2.45, 2.75) is 26.2 Å². The Hall–Kier alpha value is -2.37. The molecule has 1 atom stereocenters. The number of aryl methyl sites for hydroxylation is 2. The van der Waals surface area contributed by atoms with E-state index < -0.39 is 0 Å². The number of benzene rings is 1. The van der Waals surface area contributed by atoms with Crippen LogP contribution in [0.25, 0.3) is 0 Å². The molecule has 122 valence electrons. The fourth-order valence-corrected chi connectivity index (χ4v) is 3.09. The second-order valence-electron chi connectivity index (χ2n) is 6.32. The van der Waals surface area contributed by atoms with Gasteiger partial charge in [-0.25, -0.2) is 4.79 Å². The van der Waals surface area contributed by atoms with Crippen molar-refractivity contribution in [2.24, 2.45) is 13.0 Å². The molecule has 0 saturated carbocycles. The minimum atomic E-state index is -0.0155. The molecule has 2 amide bonds.